The molecule has 0 unspecified atom stereocenters. The van der Waals surface area contributed by atoms with Crippen LogP contribution in [0.25, 0.3) is 0 Å². The van der Waals surface area contributed by atoms with Gasteiger partial charge in [0.05, 0.1) is 4.47 Å². The van der Waals surface area contributed by atoms with E-state index in [2.05, 4.69) is 22.9 Å². The first-order valence-electron chi connectivity index (χ1n) is 2.48. The maximum absolute atomic E-state index is 12.5. The third-order valence-electron chi connectivity index (χ3n) is 1.03. The summed E-state index contributed by atoms with van der Waals surface area (Å²) in [5.41, 5.74) is 0.676. The summed E-state index contributed by atoms with van der Waals surface area (Å²) in [4.78, 5) is 0. The van der Waals surface area contributed by atoms with Crippen molar-refractivity contribution in [3.8, 4) is 0 Å². The van der Waals surface area contributed by atoms with Gasteiger partial charge in [-0.2, -0.15) is 0 Å². The van der Waals surface area contributed by atoms with Crippen molar-refractivity contribution in [3.63, 3.8) is 0 Å². The molecule has 0 atom stereocenters. The molecule has 1 radical (unpaired) electrons. The van der Waals surface area contributed by atoms with Crippen LogP contribution < -0.4 is 0 Å². The lowest BCUT2D eigenvalue weighted by Gasteiger charge is -1.95. The zero-order chi connectivity index (χ0) is 6.85. The van der Waals surface area contributed by atoms with E-state index in [1.54, 1.807) is 12.1 Å². The molecule has 2 heteroatoms. The van der Waals surface area contributed by atoms with Gasteiger partial charge in [-0.1, -0.05) is 12.1 Å². The van der Waals surface area contributed by atoms with E-state index in [4.69, 9.17) is 0 Å². The number of hydrogen-bond acceptors (Lipinski definition) is 0. The SMILES string of the molecule is [CH2]c1cccc(F)c1Br. The summed E-state index contributed by atoms with van der Waals surface area (Å²) in [6.45, 7) is 3.59. The van der Waals surface area contributed by atoms with Gasteiger partial charge < -0.3 is 0 Å². The van der Waals surface area contributed by atoms with Crippen molar-refractivity contribution in [1.82, 2.24) is 0 Å². The first kappa shape index (κ1) is 6.75. The fraction of sp³-hybridized carbons (Fsp3) is 0. The Morgan fingerprint density at radius 3 is 2.56 bits per heavy atom. The normalized spacial score (nSPS) is 9.67. The highest BCUT2D eigenvalue weighted by atomic mass is 79.9. The monoisotopic (exact) mass is 187 g/mol. The van der Waals surface area contributed by atoms with Gasteiger partial charge in [0.1, 0.15) is 5.82 Å². The van der Waals surface area contributed by atoms with E-state index in [1.807, 2.05) is 0 Å². The topological polar surface area (TPSA) is 0 Å². The van der Waals surface area contributed by atoms with Crippen LogP contribution in [-0.4, -0.2) is 0 Å². The fourth-order valence-electron chi connectivity index (χ4n) is 0.548. The number of halogens is 2. The molecule has 1 aromatic carbocycles. The van der Waals surface area contributed by atoms with E-state index in [0.29, 0.717) is 10.0 Å². The minimum Gasteiger partial charge on any atom is -0.206 e. The lowest BCUT2D eigenvalue weighted by Crippen LogP contribution is -1.79. The first-order chi connectivity index (χ1) is 4.22. The number of rotatable bonds is 0. The van der Waals surface area contributed by atoms with E-state index in [0.717, 1.165) is 0 Å². The third kappa shape index (κ3) is 1.30. The standard InChI is InChI=1S/C7H5BrF/c1-5-3-2-4-6(9)7(5)8/h2-4H,1H2. The molecule has 0 N–H and O–H groups in total. The van der Waals surface area contributed by atoms with Crippen LogP contribution in [0.2, 0.25) is 0 Å². The first-order valence-corrected chi connectivity index (χ1v) is 3.27. The second kappa shape index (κ2) is 2.48. The minimum atomic E-state index is -0.262. The molecule has 0 bridgehead atoms. The van der Waals surface area contributed by atoms with Crippen LogP contribution in [0.15, 0.2) is 22.7 Å². The van der Waals surface area contributed by atoms with Gasteiger partial charge in [-0.15, -0.1) is 0 Å². The molecule has 0 aliphatic carbocycles. The molecule has 0 aromatic heterocycles. The molecule has 47 valence electrons. The molecule has 0 saturated carbocycles. The van der Waals surface area contributed by atoms with Gasteiger partial charge in [-0.3, -0.25) is 0 Å². The van der Waals surface area contributed by atoms with Crippen LogP contribution >= 0.6 is 15.9 Å². The number of benzene rings is 1. The van der Waals surface area contributed by atoms with Gasteiger partial charge in [0.15, 0.2) is 0 Å². The Bertz CT molecular complexity index is 200. The van der Waals surface area contributed by atoms with Gasteiger partial charge in [0.2, 0.25) is 0 Å². The zero-order valence-corrected chi connectivity index (χ0v) is 6.28. The van der Waals surface area contributed by atoms with Gasteiger partial charge >= 0.3 is 0 Å². The summed E-state index contributed by atoms with van der Waals surface area (Å²) in [7, 11) is 0. The molecule has 0 amide bonds. The minimum absolute atomic E-state index is 0.262. The van der Waals surface area contributed by atoms with Gasteiger partial charge in [-0.05, 0) is 34.5 Å². The largest absolute Gasteiger partial charge is 0.206 e. The lowest BCUT2D eigenvalue weighted by molar-refractivity contribution is 0.620. The van der Waals surface area contributed by atoms with Gasteiger partial charge in [0.25, 0.3) is 0 Å². The van der Waals surface area contributed by atoms with E-state index >= 15 is 0 Å². The maximum atomic E-state index is 12.5. The number of hydrogen-bond donors (Lipinski definition) is 0. The Labute approximate surface area is 61.8 Å². The van der Waals surface area contributed by atoms with E-state index in [1.165, 1.54) is 6.07 Å². The van der Waals surface area contributed by atoms with Crippen molar-refractivity contribution < 1.29 is 4.39 Å². The van der Waals surface area contributed by atoms with Gasteiger partial charge in [0, 0.05) is 0 Å². The highest BCUT2D eigenvalue weighted by Gasteiger charge is 1.98. The van der Waals surface area contributed by atoms with Crippen molar-refractivity contribution in [2.45, 2.75) is 0 Å². The summed E-state index contributed by atoms with van der Waals surface area (Å²) >= 11 is 3.04. The smallest absolute Gasteiger partial charge is 0.137 e. The predicted octanol–water partition coefficient (Wildman–Crippen LogP) is 2.77. The summed E-state index contributed by atoms with van der Waals surface area (Å²) in [6.07, 6.45) is 0. The molecule has 0 aliphatic rings. The fourth-order valence-corrected chi connectivity index (χ4v) is 0.813. The van der Waals surface area contributed by atoms with E-state index < -0.39 is 0 Å². The van der Waals surface area contributed by atoms with Crippen molar-refractivity contribution in [3.05, 3.63) is 41.0 Å². The van der Waals surface area contributed by atoms with Gasteiger partial charge in [-0.25, -0.2) is 4.39 Å². The Hall–Kier alpha value is -0.370. The molecule has 1 rings (SSSR count). The van der Waals surface area contributed by atoms with Crippen LogP contribution in [0.4, 0.5) is 4.39 Å². The summed E-state index contributed by atoms with van der Waals surface area (Å²) in [5.74, 6) is -0.262. The Balaban J connectivity index is 3.25. The molecule has 0 aliphatic heterocycles. The van der Waals surface area contributed by atoms with Crippen LogP contribution in [-0.2, 0) is 0 Å². The summed E-state index contributed by atoms with van der Waals surface area (Å²) in [6, 6.07) is 4.76. The lowest BCUT2D eigenvalue weighted by atomic mass is 10.2. The highest BCUT2D eigenvalue weighted by molar-refractivity contribution is 9.10. The second-order valence-corrected chi connectivity index (χ2v) is 2.51. The average Bonchev–Trinajstić information content (AvgIpc) is 1.83. The second-order valence-electron chi connectivity index (χ2n) is 1.71. The van der Waals surface area contributed by atoms with Crippen LogP contribution in [0.1, 0.15) is 5.56 Å². The Morgan fingerprint density at radius 1 is 1.44 bits per heavy atom. The predicted molar refractivity (Wildman–Crippen MR) is 38.6 cm³/mol. The van der Waals surface area contributed by atoms with E-state index in [-0.39, 0.29) is 5.82 Å². The van der Waals surface area contributed by atoms with Crippen LogP contribution in [0, 0.1) is 12.7 Å². The van der Waals surface area contributed by atoms with E-state index in [9.17, 15) is 4.39 Å². The van der Waals surface area contributed by atoms with Crippen LogP contribution in [0.3, 0.4) is 0 Å². The quantitative estimate of drug-likeness (QED) is 0.587. The molecule has 0 spiro atoms. The Kier molecular flexibility index (Phi) is 1.86. The molecule has 9 heavy (non-hydrogen) atoms. The molecule has 0 saturated heterocycles. The molecule has 1 aromatic rings. The summed E-state index contributed by atoms with van der Waals surface area (Å²) < 4.78 is 12.9. The molecule has 0 nitrogen and oxygen atoms in total. The third-order valence-corrected chi connectivity index (χ3v) is 1.92. The molecule has 0 heterocycles. The zero-order valence-electron chi connectivity index (χ0n) is 4.70. The Morgan fingerprint density at radius 2 is 2.11 bits per heavy atom. The molecule has 0 fully saturated rings. The molecular formula is C7H5BrF. The molecular weight excluding hydrogens is 183 g/mol. The van der Waals surface area contributed by atoms with Crippen molar-refractivity contribution in [1.29, 1.82) is 0 Å². The van der Waals surface area contributed by atoms with Crippen LogP contribution in [0.5, 0.6) is 0 Å². The average molecular weight is 188 g/mol. The van der Waals surface area contributed by atoms with Crippen molar-refractivity contribution >= 4 is 15.9 Å². The highest BCUT2D eigenvalue weighted by Crippen LogP contribution is 2.18. The van der Waals surface area contributed by atoms with Crippen molar-refractivity contribution in [2.24, 2.45) is 0 Å². The van der Waals surface area contributed by atoms with Crippen molar-refractivity contribution in [2.75, 3.05) is 0 Å². The summed E-state index contributed by atoms with van der Waals surface area (Å²) in [5, 5.41) is 0. The maximum Gasteiger partial charge on any atom is 0.137 e.